The summed E-state index contributed by atoms with van der Waals surface area (Å²) in [6.45, 7) is 14.1. The van der Waals surface area contributed by atoms with Crippen molar-refractivity contribution in [1.29, 1.82) is 0 Å². The van der Waals surface area contributed by atoms with Crippen LogP contribution in [0.1, 0.15) is 38.8 Å². The summed E-state index contributed by atoms with van der Waals surface area (Å²) in [5, 5.41) is 10.9. The second kappa shape index (κ2) is 9.78. The SMILES string of the molecule is CCN(CC)Cc1cc(-c2cc(=S)ss2)cc(CN(CC)CC)c1O. The number of aromatic hydroxyl groups is 1. The third kappa shape index (κ3) is 5.34. The van der Waals surface area contributed by atoms with Crippen molar-refractivity contribution in [2.75, 3.05) is 26.2 Å². The molecule has 0 aliphatic rings. The van der Waals surface area contributed by atoms with E-state index in [4.69, 9.17) is 12.2 Å². The molecule has 0 spiro atoms. The molecule has 2 rings (SSSR count). The third-order valence-electron chi connectivity index (χ3n) is 4.59. The predicted molar refractivity (Wildman–Crippen MR) is 113 cm³/mol. The molecule has 25 heavy (non-hydrogen) atoms. The van der Waals surface area contributed by atoms with Crippen LogP contribution >= 0.6 is 32.9 Å². The Labute approximate surface area is 163 Å². The van der Waals surface area contributed by atoms with Gasteiger partial charge in [0, 0.05) is 29.1 Å². The van der Waals surface area contributed by atoms with Crippen LogP contribution in [0, 0.1) is 3.82 Å². The zero-order chi connectivity index (χ0) is 18.4. The highest BCUT2D eigenvalue weighted by Crippen LogP contribution is 2.35. The predicted octanol–water partition coefficient (Wildman–Crippen LogP) is 5.60. The molecule has 0 radical (unpaired) electrons. The molecule has 6 heteroatoms. The second-order valence-corrected chi connectivity index (χ2v) is 8.97. The quantitative estimate of drug-likeness (QED) is 0.441. The molecule has 0 saturated heterocycles. The van der Waals surface area contributed by atoms with Gasteiger partial charge in [0.25, 0.3) is 0 Å². The minimum Gasteiger partial charge on any atom is -0.507 e. The molecule has 0 bridgehead atoms. The first-order valence-electron chi connectivity index (χ1n) is 8.92. The van der Waals surface area contributed by atoms with E-state index in [1.165, 1.54) is 10.4 Å². The zero-order valence-corrected chi connectivity index (χ0v) is 18.0. The molecule has 1 N–H and O–H groups in total. The van der Waals surface area contributed by atoms with Crippen molar-refractivity contribution < 1.29 is 5.11 Å². The van der Waals surface area contributed by atoms with Crippen LogP contribution in [-0.2, 0) is 13.1 Å². The van der Waals surface area contributed by atoms with Gasteiger partial charge in [-0.1, -0.05) is 60.6 Å². The maximum Gasteiger partial charge on any atom is 0.124 e. The molecule has 0 aliphatic heterocycles. The minimum atomic E-state index is 0.446. The van der Waals surface area contributed by atoms with Crippen molar-refractivity contribution in [3.63, 3.8) is 0 Å². The molecule has 1 aromatic carbocycles. The number of phenols is 1. The topological polar surface area (TPSA) is 26.7 Å². The van der Waals surface area contributed by atoms with Crippen molar-refractivity contribution in [2.24, 2.45) is 0 Å². The molecule has 0 atom stereocenters. The van der Waals surface area contributed by atoms with Crippen LogP contribution in [0.25, 0.3) is 10.4 Å². The summed E-state index contributed by atoms with van der Waals surface area (Å²) in [6, 6.07) is 6.33. The van der Waals surface area contributed by atoms with Gasteiger partial charge >= 0.3 is 0 Å². The molecular formula is C19H28N2OS3. The molecule has 0 unspecified atom stereocenters. The fourth-order valence-corrected chi connectivity index (χ4v) is 5.28. The lowest BCUT2D eigenvalue weighted by molar-refractivity contribution is 0.281. The van der Waals surface area contributed by atoms with Gasteiger partial charge in [-0.05, 0) is 49.9 Å². The lowest BCUT2D eigenvalue weighted by atomic mass is 10.0. The van der Waals surface area contributed by atoms with Crippen LogP contribution in [-0.4, -0.2) is 41.1 Å². The summed E-state index contributed by atoms with van der Waals surface area (Å²) >= 11 is 5.30. The van der Waals surface area contributed by atoms with Gasteiger partial charge < -0.3 is 5.11 Å². The van der Waals surface area contributed by atoms with Crippen LogP contribution in [0.4, 0.5) is 0 Å². The number of benzene rings is 1. The maximum absolute atomic E-state index is 10.9. The summed E-state index contributed by atoms with van der Waals surface area (Å²) in [7, 11) is 3.35. The van der Waals surface area contributed by atoms with Crippen LogP contribution < -0.4 is 0 Å². The Morgan fingerprint density at radius 3 is 1.68 bits per heavy atom. The van der Waals surface area contributed by atoms with E-state index < -0.39 is 0 Å². The van der Waals surface area contributed by atoms with Crippen LogP contribution in [0.3, 0.4) is 0 Å². The first-order valence-corrected chi connectivity index (χ1v) is 11.5. The van der Waals surface area contributed by atoms with Gasteiger partial charge in [0.05, 0.1) is 0 Å². The molecule has 0 aliphatic carbocycles. The highest BCUT2D eigenvalue weighted by Gasteiger charge is 2.15. The highest BCUT2D eigenvalue weighted by molar-refractivity contribution is 7.80. The fraction of sp³-hybridized carbons (Fsp3) is 0.526. The lowest BCUT2D eigenvalue weighted by Gasteiger charge is -2.23. The van der Waals surface area contributed by atoms with Crippen LogP contribution in [0.2, 0.25) is 0 Å². The average molecular weight is 397 g/mol. The molecular weight excluding hydrogens is 368 g/mol. The van der Waals surface area contributed by atoms with Crippen molar-refractivity contribution in [1.82, 2.24) is 9.80 Å². The molecule has 1 heterocycles. The number of phenolic OH excluding ortho intramolecular Hbond substituents is 1. The van der Waals surface area contributed by atoms with E-state index in [-0.39, 0.29) is 0 Å². The van der Waals surface area contributed by atoms with E-state index in [9.17, 15) is 5.11 Å². The maximum atomic E-state index is 10.9. The first kappa shape index (κ1) is 20.5. The average Bonchev–Trinajstić information content (AvgIpc) is 3.06. The third-order valence-corrected chi connectivity index (χ3v) is 7.50. The van der Waals surface area contributed by atoms with Crippen molar-refractivity contribution in [3.05, 3.63) is 33.1 Å². The summed E-state index contributed by atoms with van der Waals surface area (Å²) in [6.07, 6.45) is 0. The molecule has 0 saturated carbocycles. The Balaban J connectivity index is 2.47. The zero-order valence-electron chi connectivity index (χ0n) is 15.5. The monoisotopic (exact) mass is 396 g/mol. The molecule has 0 fully saturated rings. The molecule has 138 valence electrons. The summed E-state index contributed by atoms with van der Waals surface area (Å²) in [5.74, 6) is 0.446. The van der Waals surface area contributed by atoms with E-state index in [1.54, 1.807) is 20.7 Å². The van der Waals surface area contributed by atoms with Gasteiger partial charge in [0.2, 0.25) is 0 Å². The van der Waals surface area contributed by atoms with Crippen LogP contribution in [0.5, 0.6) is 5.75 Å². The summed E-state index contributed by atoms with van der Waals surface area (Å²) < 4.78 is 0.920. The van der Waals surface area contributed by atoms with Gasteiger partial charge in [-0.3, -0.25) is 9.80 Å². The van der Waals surface area contributed by atoms with Crippen molar-refractivity contribution >= 4 is 32.9 Å². The Kier molecular flexibility index (Phi) is 8.03. The molecule has 1 aromatic heterocycles. The molecule has 0 amide bonds. The van der Waals surface area contributed by atoms with E-state index in [0.29, 0.717) is 5.75 Å². The first-order chi connectivity index (χ1) is 12.0. The van der Waals surface area contributed by atoms with Gasteiger partial charge in [-0.2, -0.15) is 0 Å². The largest absolute Gasteiger partial charge is 0.507 e. The van der Waals surface area contributed by atoms with Gasteiger partial charge in [-0.15, -0.1) is 0 Å². The van der Waals surface area contributed by atoms with Gasteiger partial charge in [0.1, 0.15) is 9.57 Å². The van der Waals surface area contributed by atoms with E-state index >= 15 is 0 Å². The van der Waals surface area contributed by atoms with Gasteiger partial charge in [0.15, 0.2) is 0 Å². The number of hydrogen-bond donors (Lipinski definition) is 1. The summed E-state index contributed by atoms with van der Waals surface area (Å²) in [4.78, 5) is 5.85. The Morgan fingerprint density at radius 1 is 0.840 bits per heavy atom. The molecule has 3 nitrogen and oxygen atoms in total. The van der Waals surface area contributed by atoms with Crippen molar-refractivity contribution in [2.45, 2.75) is 40.8 Å². The highest BCUT2D eigenvalue weighted by atomic mass is 32.9. The fourth-order valence-electron chi connectivity index (χ4n) is 2.89. The Morgan fingerprint density at radius 2 is 1.32 bits per heavy atom. The smallest absolute Gasteiger partial charge is 0.124 e. The van der Waals surface area contributed by atoms with E-state index in [0.717, 1.165) is 54.2 Å². The Bertz CT molecular complexity index is 695. The number of nitrogens with zero attached hydrogens (tertiary/aromatic N) is 2. The van der Waals surface area contributed by atoms with Crippen molar-refractivity contribution in [3.8, 4) is 16.2 Å². The lowest BCUT2D eigenvalue weighted by Crippen LogP contribution is -2.24. The number of rotatable bonds is 9. The minimum absolute atomic E-state index is 0.446. The molecule has 2 aromatic rings. The standard InChI is InChI=1S/C19H28N2OS3/c1-5-20(6-2)12-15-9-14(17-11-18(23)25-24-17)10-16(19(15)22)13-21(7-3)8-4/h9-11,22H,5-8,12-13H2,1-4H3. The number of hydrogen-bond acceptors (Lipinski definition) is 6. The van der Waals surface area contributed by atoms with Gasteiger partial charge in [-0.25, -0.2) is 0 Å². The summed E-state index contributed by atoms with van der Waals surface area (Å²) in [5.41, 5.74) is 3.18. The van der Waals surface area contributed by atoms with E-state index in [2.05, 4.69) is 55.7 Å². The van der Waals surface area contributed by atoms with Crippen LogP contribution in [0.15, 0.2) is 18.2 Å². The van der Waals surface area contributed by atoms with E-state index in [1.807, 2.05) is 0 Å². The normalized spacial score (nSPS) is 11.6. The Hall–Kier alpha value is -0.790. The second-order valence-electron chi connectivity index (χ2n) is 6.06.